The normalized spacial score (nSPS) is 18.4. The van der Waals surface area contributed by atoms with Crippen LogP contribution in [0.5, 0.6) is 0 Å². The number of rotatable bonds is 4. The predicted molar refractivity (Wildman–Crippen MR) is 92.4 cm³/mol. The Labute approximate surface area is 155 Å². The lowest BCUT2D eigenvalue weighted by Crippen LogP contribution is -2.43. The maximum absolute atomic E-state index is 13.3. The number of nitrogens with zero attached hydrogens (tertiary/aromatic N) is 2. The van der Waals surface area contributed by atoms with Gasteiger partial charge in [0, 0.05) is 24.8 Å². The maximum atomic E-state index is 13.3. The Morgan fingerprint density at radius 1 is 1.30 bits per heavy atom. The summed E-state index contributed by atoms with van der Waals surface area (Å²) in [6.45, 7) is 3.33. The lowest BCUT2D eigenvalue weighted by Gasteiger charge is -2.31. The average Bonchev–Trinajstić information content (AvgIpc) is 2.97. The number of hydrogen-bond acceptors (Lipinski definition) is 5. The molecule has 10 heteroatoms. The molecule has 2 aromatic rings. The lowest BCUT2D eigenvalue weighted by molar-refractivity contribution is -0.120. The van der Waals surface area contributed by atoms with Crippen molar-refractivity contribution in [3.63, 3.8) is 0 Å². The highest BCUT2D eigenvalue weighted by molar-refractivity contribution is 7.89. The van der Waals surface area contributed by atoms with Crippen LogP contribution in [-0.4, -0.2) is 36.9 Å². The van der Waals surface area contributed by atoms with Gasteiger partial charge >= 0.3 is 0 Å². The quantitative estimate of drug-likeness (QED) is 0.853. The van der Waals surface area contributed by atoms with E-state index in [-0.39, 0.29) is 35.1 Å². The molecule has 1 aliphatic heterocycles. The van der Waals surface area contributed by atoms with E-state index < -0.39 is 33.5 Å². The highest BCUT2D eigenvalue weighted by atomic mass is 32.2. The first-order valence-electron chi connectivity index (χ1n) is 8.39. The minimum Gasteiger partial charge on any atom is -0.360 e. The van der Waals surface area contributed by atoms with Crippen LogP contribution >= 0.6 is 0 Å². The van der Waals surface area contributed by atoms with E-state index in [1.54, 1.807) is 6.92 Å². The highest BCUT2D eigenvalue weighted by Gasteiger charge is 2.36. The number of piperidine rings is 1. The van der Waals surface area contributed by atoms with Gasteiger partial charge in [0.15, 0.2) is 17.4 Å². The fourth-order valence-electron chi connectivity index (χ4n) is 3.16. The zero-order valence-corrected chi connectivity index (χ0v) is 15.6. The summed E-state index contributed by atoms with van der Waals surface area (Å²) in [6.07, 6.45) is 0.988. The summed E-state index contributed by atoms with van der Waals surface area (Å²) in [5, 5.41) is 6.19. The van der Waals surface area contributed by atoms with Crippen molar-refractivity contribution >= 4 is 21.6 Å². The van der Waals surface area contributed by atoms with Gasteiger partial charge in [0.2, 0.25) is 15.9 Å². The van der Waals surface area contributed by atoms with E-state index in [2.05, 4.69) is 10.5 Å². The fraction of sp³-hybridized carbons (Fsp3) is 0.412. The Balaban J connectivity index is 1.75. The number of hydrogen-bond donors (Lipinski definition) is 1. The molecule has 0 saturated carbocycles. The topological polar surface area (TPSA) is 92.5 Å². The molecule has 1 saturated heterocycles. The molecule has 1 unspecified atom stereocenters. The van der Waals surface area contributed by atoms with Crippen LogP contribution in [0.3, 0.4) is 0 Å². The van der Waals surface area contributed by atoms with Gasteiger partial charge in [0.05, 0.1) is 5.92 Å². The molecule has 1 amide bonds. The summed E-state index contributed by atoms with van der Waals surface area (Å²) >= 11 is 0. The molecule has 1 aliphatic rings. The number of aromatic nitrogens is 1. The first-order chi connectivity index (χ1) is 12.7. The van der Waals surface area contributed by atoms with Crippen molar-refractivity contribution in [2.75, 3.05) is 18.4 Å². The molecule has 0 spiro atoms. The van der Waals surface area contributed by atoms with E-state index in [4.69, 9.17) is 4.52 Å². The molecule has 3 rings (SSSR count). The molecule has 27 heavy (non-hydrogen) atoms. The summed E-state index contributed by atoms with van der Waals surface area (Å²) in [7, 11) is -3.84. The third kappa shape index (κ3) is 3.86. The van der Waals surface area contributed by atoms with Gasteiger partial charge in [-0.2, -0.15) is 4.31 Å². The minimum atomic E-state index is -3.84. The van der Waals surface area contributed by atoms with Crippen LogP contribution in [0.15, 0.2) is 27.6 Å². The van der Waals surface area contributed by atoms with Crippen LogP contribution in [0, 0.1) is 31.4 Å². The van der Waals surface area contributed by atoms with Crippen LogP contribution < -0.4 is 5.32 Å². The van der Waals surface area contributed by atoms with Gasteiger partial charge in [-0.05, 0) is 38.8 Å². The van der Waals surface area contributed by atoms with E-state index in [0.29, 0.717) is 12.8 Å². The Hall–Kier alpha value is -2.33. The second-order valence-electron chi connectivity index (χ2n) is 6.47. The summed E-state index contributed by atoms with van der Waals surface area (Å²) in [4.78, 5) is 12.5. The van der Waals surface area contributed by atoms with E-state index >= 15 is 0 Å². The third-order valence-electron chi connectivity index (χ3n) is 4.51. The molecule has 146 valence electrons. The monoisotopic (exact) mass is 399 g/mol. The molecule has 1 N–H and O–H groups in total. The first kappa shape index (κ1) is 19.4. The predicted octanol–water partition coefficient (Wildman–Crippen LogP) is 2.61. The van der Waals surface area contributed by atoms with Gasteiger partial charge < -0.3 is 9.84 Å². The third-order valence-corrected chi connectivity index (χ3v) is 6.62. The molecule has 7 nitrogen and oxygen atoms in total. The van der Waals surface area contributed by atoms with Crippen LogP contribution in [0.4, 0.5) is 14.5 Å². The van der Waals surface area contributed by atoms with E-state index in [9.17, 15) is 22.0 Å². The second-order valence-corrected chi connectivity index (χ2v) is 8.35. The minimum absolute atomic E-state index is 0.0120. The van der Waals surface area contributed by atoms with Crippen molar-refractivity contribution < 1.29 is 26.5 Å². The van der Waals surface area contributed by atoms with Gasteiger partial charge in [-0.25, -0.2) is 17.2 Å². The molecule has 1 fully saturated rings. The number of amides is 1. The number of carbonyl (C=O) groups excluding carboxylic acids is 1. The number of carbonyl (C=O) groups is 1. The van der Waals surface area contributed by atoms with Crippen molar-refractivity contribution in [3.05, 3.63) is 41.3 Å². The summed E-state index contributed by atoms with van der Waals surface area (Å²) in [5.41, 5.74) is 0.380. The largest absolute Gasteiger partial charge is 0.360 e. The van der Waals surface area contributed by atoms with Crippen LogP contribution in [0.25, 0.3) is 0 Å². The van der Waals surface area contributed by atoms with Crippen molar-refractivity contribution in [2.24, 2.45) is 5.92 Å². The van der Waals surface area contributed by atoms with Gasteiger partial charge in [-0.1, -0.05) is 5.16 Å². The Morgan fingerprint density at radius 3 is 2.67 bits per heavy atom. The highest BCUT2D eigenvalue weighted by Crippen LogP contribution is 2.28. The van der Waals surface area contributed by atoms with Gasteiger partial charge in [0.25, 0.3) is 0 Å². The van der Waals surface area contributed by atoms with Crippen molar-refractivity contribution in [3.8, 4) is 0 Å². The Morgan fingerprint density at radius 2 is 2.04 bits per heavy atom. The van der Waals surface area contributed by atoms with Gasteiger partial charge in [-0.3, -0.25) is 4.79 Å². The molecular weight excluding hydrogens is 380 g/mol. The van der Waals surface area contributed by atoms with Crippen molar-refractivity contribution in [1.82, 2.24) is 9.46 Å². The number of anilines is 1. The molecule has 1 aromatic carbocycles. The van der Waals surface area contributed by atoms with Gasteiger partial charge in [-0.15, -0.1) is 0 Å². The lowest BCUT2D eigenvalue weighted by atomic mass is 9.98. The average molecular weight is 399 g/mol. The number of nitrogens with one attached hydrogen (secondary N) is 1. The zero-order chi connectivity index (χ0) is 19.8. The zero-order valence-electron chi connectivity index (χ0n) is 14.8. The number of halogens is 2. The Bertz CT molecular complexity index is 955. The molecular formula is C17H19F2N3O4S. The first-order valence-corrected chi connectivity index (χ1v) is 9.83. The van der Waals surface area contributed by atoms with Gasteiger partial charge in [0.1, 0.15) is 10.6 Å². The molecule has 1 atom stereocenters. The molecule has 1 aromatic heterocycles. The van der Waals surface area contributed by atoms with Crippen LogP contribution in [0.2, 0.25) is 0 Å². The summed E-state index contributed by atoms with van der Waals surface area (Å²) in [5.74, 6) is -2.94. The fourth-order valence-corrected chi connectivity index (χ4v) is 4.98. The van der Waals surface area contributed by atoms with Crippen LogP contribution in [0.1, 0.15) is 24.3 Å². The molecule has 2 heterocycles. The smallest absolute Gasteiger partial charge is 0.248 e. The number of benzene rings is 1. The van der Waals surface area contributed by atoms with Crippen molar-refractivity contribution in [2.45, 2.75) is 31.6 Å². The molecule has 0 radical (unpaired) electrons. The van der Waals surface area contributed by atoms with Crippen molar-refractivity contribution in [1.29, 1.82) is 0 Å². The summed E-state index contributed by atoms with van der Waals surface area (Å²) in [6, 6.07) is 3.05. The summed E-state index contributed by atoms with van der Waals surface area (Å²) < 4.78 is 58.3. The van der Waals surface area contributed by atoms with E-state index in [0.717, 1.165) is 12.1 Å². The Kier molecular flexibility index (Phi) is 5.29. The standard InChI is InChI=1S/C17H19F2N3O4S/c1-10-16(11(2)26-21-10)27(24,25)22-7-3-4-12(9-22)17(23)20-13-5-6-14(18)15(19)8-13/h5-6,8,12H,3-4,7,9H2,1-2H3,(H,20,23). The second kappa shape index (κ2) is 7.35. The number of sulfonamides is 1. The van der Waals surface area contributed by atoms with E-state index in [1.807, 2.05) is 0 Å². The van der Waals surface area contributed by atoms with Crippen LogP contribution in [-0.2, 0) is 14.8 Å². The van der Waals surface area contributed by atoms with E-state index in [1.165, 1.54) is 17.3 Å². The SMILES string of the molecule is Cc1noc(C)c1S(=O)(=O)N1CCCC(C(=O)Nc2ccc(F)c(F)c2)C1. The number of aryl methyl sites for hydroxylation is 2. The molecule has 0 bridgehead atoms. The maximum Gasteiger partial charge on any atom is 0.248 e. The molecule has 0 aliphatic carbocycles.